The van der Waals surface area contributed by atoms with Gasteiger partial charge in [0.25, 0.3) is 5.17 Å². The number of thiocarbonyl (C=S) groups is 1. The molecule has 0 unspecified atom stereocenters. The second-order valence-corrected chi connectivity index (χ2v) is 6.25. The summed E-state index contributed by atoms with van der Waals surface area (Å²) in [7, 11) is 0. The highest BCUT2D eigenvalue weighted by Gasteiger charge is 2.38. The SMILES string of the molecule is Cc1ccc([C@@H](C(=O)N2CCOC2=S)[C@H]2CCCCO2)cc1. The smallest absolute Gasteiger partial charge is 0.266 e. The van der Waals surface area contributed by atoms with E-state index in [1.165, 1.54) is 5.56 Å². The molecule has 1 aromatic carbocycles. The van der Waals surface area contributed by atoms with E-state index in [4.69, 9.17) is 21.7 Å². The van der Waals surface area contributed by atoms with Crippen molar-refractivity contribution in [1.29, 1.82) is 0 Å². The van der Waals surface area contributed by atoms with Gasteiger partial charge in [0.2, 0.25) is 5.91 Å². The van der Waals surface area contributed by atoms with Crippen molar-refractivity contribution < 1.29 is 14.3 Å². The first-order valence-corrected chi connectivity index (χ1v) is 8.24. The van der Waals surface area contributed by atoms with E-state index in [1.807, 2.05) is 31.2 Å². The van der Waals surface area contributed by atoms with Crippen LogP contribution < -0.4 is 0 Å². The van der Waals surface area contributed by atoms with Crippen LogP contribution in [0.15, 0.2) is 24.3 Å². The standard InChI is InChI=1S/C17H21NO3S/c1-12-5-7-13(8-6-12)15(14-4-2-3-10-20-14)16(19)18-9-11-21-17(18)22/h5-8,14-15H,2-4,9-11H2,1H3/t14-,15-/m1/s1. The lowest BCUT2D eigenvalue weighted by Crippen LogP contribution is -2.41. The van der Waals surface area contributed by atoms with Crippen molar-refractivity contribution in [2.75, 3.05) is 19.8 Å². The Balaban J connectivity index is 1.89. The molecule has 1 amide bonds. The van der Waals surface area contributed by atoms with Crippen molar-refractivity contribution in [2.45, 2.75) is 38.2 Å². The van der Waals surface area contributed by atoms with Gasteiger partial charge in [-0.15, -0.1) is 0 Å². The minimum absolute atomic E-state index is 0.00162. The first kappa shape index (κ1) is 15.4. The summed E-state index contributed by atoms with van der Waals surface area (Å²) in [4.78, 5) is 14.6. The Bertz CT molecular complexity index is 552. The molecule has 5 heteroatoms. The van der Waals surface area contributed by atoms with Gasteiger partial charge < -0.3 is 9.47 Å². The molecule has 2 saturated heterocycles. The summed E-state index contributed by atoms with van der Waals surface area (Å²) < 4.78 is 11.2. The maximum Gasteiger partial charge on any atom is 0.266 e. The molecule has 0 aliphatic carbocycles. The molecule has 3 rings (SSSR count). The fourth-order valence-electron chi connectivity index (χ4n) is 3.08. The molecule has 118 valence electrons. The van der Waals surface area contributed by atoms with E-state index in [9.17, 15) is 4.79 Å². The number of carbonyl (C=O) groups is 1. The Labute approximate surface area is 136 Å². The third-order valence-electron chi connectivity index (χ3n) is 4.32. The van der Waals surface area contributed by atoms with Crippen LogP contribution in [0.4, 0.5) is 0 Å². The molecule has 0 spiro atoms. The number of rotatable bonds is 3. The molecule has 2 aliphatic rings. The molecule has 0 radical (unpaired) electrons. The van der Waals surface area contributed by atoms with Gasteiger partial charge in [-0.05, 0) is 44.0 Å². The van der Waals surface area contributed by atoms with Crippen LogP contribution in [0.2, 0.25) is 0 Å². The van der Waals surface area contributed by atoms with Crippen molar-refractivity contribution in [2.24, 2.45) is 0 Å². The molecule has 0 N–H and O–H groups in total. The molecule has 2 atom stereocenters. The van der Waals surface area contributed by atoms with Gasteiger partial charge in [0.15, 0.2) is 0 Å². The zero-order chi connectivity index (χ0) is 15.5. The van der Waals surface area contributed by atoms with Gasteiger partial charge in [0.1, 0.15) is 6.61 Å². The summed E-state index contributed by atoms with van der Waals surface area (Å²) in [6, 6.07) is 8.13. The van der Waals surface area contributed by atoms with E-state index in [2.05, 4.69) is 0 Å². The molecule has 0 bridgehead atoms. The van der Waals surface area contributed by atoms with Gasteiger partial charge in [-0.3, -0.25) is 9.69 Å². The first-order valence-electron chi connectivity index (χ1n) is 7.83. The Hall–Kier alpha value is -1.46. The topological polar surface area (TPSA) is 38.8 Å². The lowest BCUT2D eigenvalue weighted by molar-refractivity contribution is -0.133. The highest BCUT2D eigenvalue weighted by molar-refractivity contribution is 7.80. The van der Waals surface area contributed by atoms with Crippen molar-refractivity contribution in [3.05, 3.63) is 35.4 Å². The van der Waals surface area contributed by atoms with Crippen LogP contribution in [-0.4, -0.2) is 41.8 Å². The lowest BCUT2D eigenvalue weighted by Gasteiger charge is -2.32. The number of amides is 1. The van der Waals surface area contributed by atoms with Crippen molar-refractivity contribution in [1.82, 2.24) is 4.90 Å². The predicted molar refractivity (Wildman–Crippen MR) is 87.8 cm³/mol. The largest absolute Gasteiger partial charge is 0.469 e. The van der Waals surface area contributed by atoms with Crippen molar-refractivity contribution in [3.8, 4) is 0 Å². The van der Waals surface area contributed by atoms with E-state index < -0.39 is 0 Å². The monoisotopic (exact) mass is 319 g/mol. The second-order valence-electron chi connectivity index (χ2n) is 5.90. The van der Waals surface area contributed by atoms with Gasteiger partial charge in [0.05, 0.1) is 18.6 Å². The minimum atomic E-state index is -0.305. The summed E-state index contributed by atoms with van der Waals surface area (Å²) in [6.07, 6.45) is 3.00. The van der Waals surface area contributed by atoms with E-state index in [1.54, 1.807) is 4.90 Å². The fourth-order valence-corrected chi connectivity index (χ4v) is 3.34. The fraction of sp³-hybridized carbons (Fsp3) is 0.529. The number of ether oxygens (including phenoxy) is 2. The van der Waals surface area contributed by atoms with Gasteiger partial charge in [-0.25, -0.2) is 0 Å². The number of hydrogen-bond acceptors (Lipinski definition) is 4. The molecule has 0 aromatic heterocycles. The summed E-state index contributed by atoms with van der Waals surface area (Å²) in [5.41, 5.74) is 2.18. The molecular weight excluding hydrogens is 298 g/mol. The van der Waals surface area contributed by atoms with Crippen molar-refractivity contribution in [3.63, 3.8) is 0 Å². The summed E-state index contributed by atoms with van der Waals surface area (Å²) in [6.45, 7) is 3.78. The minimum Gasteiger partial charge on any atom is -0.469 e. The molecule has 0 saturated carbocycles. The van der Waals surface area contributed by atoms with Crippen LogP contribution in [0.25, 0.3) is 0 Å². The zero-order valence-corrected chi connectivity index (χ0v) is 13.6. The number of aryl methyl sites for hydroxylation is 1. The molecular formula is C17H21NO3S. The highest BCUT2D eigenvalue weighted by Crippen LogP contribution is 2.31. The van der Waals surface area contributed by atoms with Crippen LogP contribution in [0.3, 0.4) is 0 Å². The van der Waals surface area contributed by atoms with Gasteiger partial charge in [0, 0.05) is 6.61 Å². The van der Waals surface area contributed by atoms with E-state index in [0.717, 1.165) is 31.4 Å². The first-order chi connectivity index (χ1) is 10.7. The predicted octanol–water partition coefficient (Wildman–Crippen LogP) is 2.79. The quantitative estimate of drug-likeness (QED) is 0.803. The van der Waals surface area contributed by atoms with Crippen molar-refractivity contribution >= 4 is 23.3 Å². The number of carbonyl (C=O) groups excluding carboxylic acids is 1. The Morgan fingerprint density at radius 1 is 1.27 bits per heavy atom. The molecule has 2 aliphatic heterocycles. The van der Waals surface area contributed by atoms with Gasteiger partial charge >= 0.3 is 0 Å². The third kappa shape index (κ3) is 3.15. The highest BCUT2D eigenvalue weighted by atomic mass is 32.1. The third-order valence-corrected chi connectivity index (χ3v) is 4.65. The Morgan fingerprint density at radius 2 is 2.05 bits per heavy atom. The second kappa shape index (κ2) is 6.75. The number of hydrogen-bond donors (Lipinski definition) is 0. The van der Waals surface area contributed by atoms with E-state index >= 15 is 0 Å². The van der Waals surface area contributed by atoms with Crippen LogP contribution in [0.1, 0.15) is 36.3 Å². The average molecular weight is 319 g/mol. The van der Waals surface area contributed by atoms with E-state index in [-0.39, 0.29) is 23.1 Å². The Morgan fingerprint density at radius 3 is 2.64 bits per heavy atom. The van der Waals surface area contributed by atoms with Gasteiger partial charge in [-0.2, -0.15) is 0 Å². The summed E-state index contributed by atoms with van der Waals surface area (Å²) >= 11 is 5.15. The van der Waals surface area contributed by atoms with Crippen LogP contribution in [0, 0.1) is 6.92 Å². The number of benzene rings is 1. The summed E-state index contributed by atoms with van der Waals surface area (Å²) in [5, 5.41) is 0.290. The molecule has 1 aromatic rings. The average Bonchev–Trinajstić information content (AvgIpc) is 2.96. The molecule has 2 heterocycles. The van der Waals surface area contributed by atoms with E-state index in [0.29, 0.717) is 13.2 Å². The van der Waals surface area contributed by atoms with Crippen LogP contribution in [-0.2, 0) is 14.3 Å². The lowest BCUT2D eigenvalue weighted by atomic mass is 9.87. The number of nitrogens with zero attached hydrogens (tertiary/aromatic N) is 1. The Kier molecular flexibility index (Phi) is 4.74. The molecule has 2 fully saturated rings. The van der Waals surface area contributed by atoms with Gasteiger partial charge in [-0.1, -0.05) is 29.8 Å². The zero-order valence-electron chi connectivity index (χ0n) is 12.8. The maximum atomic E-state index is 13.0. The van der Waals surface area contributed by atoms with Crippen LogP contribution in [0.5, 0.6) is 0 Å². The van der Waals surface area contributed by atoms with Crippen LogP contribution >= 0.6 is 12.2 Å². The maximum absolute atomic E-state index is 13.0. The molecule has 22 heavy (non-hydrogen) atoms. The molecule has 4 nitrogen and oxygen atoms in total. The summed E-state index contributed by atoms with van der Waals surface area (Å²) in [5.74, 6) is -0.307. The normalized spacial score (nSPS) is 23.2.